The molecule has 0 aromatic rings. The van der Waals surface area contributed by atoms with Crippen molar-refractivity contribution in [3.63, 3.8) is 0 Å². The molecule has 0 aromatic carbocycles. The minimum atomic E-state index is -1.31. The first-order valence-corrected chi connectivity index (χ1v) is 4.52. The van der Waals surface area contributed by atoms with Crippen LogP contribution in [0, 0.1) is 0 Å². The average molecular weight is 221 g/mol. The van der Waals surface area contributed by atoms with Crippen LogP contribution in [-0.4, -0.2) is 58.5 Å². The van der Waals surface area contributed by atoms with Gasteiger partial charge in [-0.2, -0.15) is 0 Å². The van der Waals surface area contributed by atoms with Crippen molar-refractivity contribution in [3.05, 3.63) is 0 Å². The fraction of sp³-hybridized carbons (Fsp3) is 0.875. The molecule has 0 unspecified atom stereocenters. The maximum atomic E-state index is 10.7. The largest absolute Gasteiger partial charge is 0.434 e. The molecule has 1 aliphatic heterocycles. The minimum Gasteiger partial charge on any atom is -0.434 e. The standard InChI is InChI=1S/C8H15NO6/c1-3(11)14-8-5(9)7(13)6(12)4(2-10)15-8/h4-8,10,12-13H,2,9H2,1H3/t4-,5-,6+,7-,8+/m1/s1. The summed E-state index contributed by atoms with van der Waals surface area (Å²) in [6, 6.07) is -1.04. The van der Waals surface area contributed by atoms with Gasteiger partial charge in [0, 0.05) is 6.92 Å². The highest BCUT2D eigenvalue weighted by Gasteiger charge is 2.43. The fourth-order valence-corrected chi connectivity index (χ4v) is 1.37. The van der Waals surface area contributed by atoms with Crippen molar-refractivity contribution in [1.29, 1.82) is 0 Å². The zero-order chi connectivity index (χ0) is 11.6. The summed E-state index contributed by atoms with van der Waals surface area (Å²) in [4.78, 5) is 10.7. The van der Waals surface area contributed by atoms with Gasteiger partial charge in [0.25, 0.3) is 0 Å². The predicted molar refractivity (Wildman–Crippen MR) is 47.5 cm³/mol. The van der Waals surface area contributed by atoms with E-state index in [0.717, 1.165) is 0 Å². The van der Waals surface area contributed by atoms with Gasteiger partial charge in [0.2, 0.25) is 6.29 Å². The van der Waals surface area contributed by atoms with Crippen molar-refractivity contribution in [1.82, 2.24) is 0 Å². The first kappa shape index (κ1) is 12.3. The van der Waals surface area contributed by atoms with Crippen molar-refractivity contribution in [3.8, 4) is 0 Å². The number of carbonyl (C=O) groups is 1. The first-order valence-electron chi connectivity index (χ1n) is 4.52. The summed E-state index contributed by atoms with van der Waals surface area (Å²) in [5.74, 6) is -0.615. The van der Waals surface area contributed by atoms with Gasteiger partial charge in [0.15, 0.2) is 0 Å². The molecule has 15 heavy (non-hydrogen) atoms. The van der Waals surface area contributed by atoms with E-state index < -0.39 is 43.2 Å². The molecule has 5 N–H and O–H groups in total. The molecule has 1 rings (SSSR count). The molecule has 0 spiro atoms. The number of nitrogens with two attached hydrogens (primary N) is 1. The Morgan fingerprint density at radius 3 is 2.53 bits per heavy atom. The second kappa shape index (κ2) is 4.86. The number of esters is 1. The molecule has 0 amide bonds. The second-order valence-corrected chi connectivity index (χ2v) is 3.39. The van der Waals surface area contributed by atoms with Crippen LogP contribution < -0.4 is 5.73 Å². The Labute approximate surface area is 86.4 Å². The third-order valence-corrected chi connectivity index (χ3v) is 2.21. The second-order valence-electron chi connectivity index (χ2n) is 3.39. The van der Waals surface area contributed by atoms with Crippen LogP contribution in [0.15, 0.2) is 0 Å². The number of aliphatic hydroxyl groups is 3. The van der Waals surface area contributed by atoms with Gasteiger partial charge in [-0.05, 0) is 0 Å². The van der Waals surface area contributed by atoms with Gasteiger partial charge >= 0.3 is 5.97 Å². The zero-order valence-electron chi connectivity index (χ0n) is 8.24. The van der Waals surface area contributed by atoms with Crippen molar-refractivity contribution in [2.45, 2.75) is 37.6 Å². The van der Waals surface area contributed by atoms with Gasteiger partial charge in [-0.25, -0.2) is 0 Å². The van der Waals surface area contributed by atoms with E-state index in [4.69, 9.17) is 15.6 Å². The minimum absolute atomic E-state index is 0.497. The van der Waals surface area contributed by atoms with Crippen LogP contribution in [-0.2, 0) is 14.3 Å². The Balaban J connectivity index is 2.69. The van der Waals surface area contributed by atoms with Gasteiger partial charge in [-0.3, -0.25) is 4.79 Å². The Morgan fingerprint density at radius 2 is 2.07 bits per heavy atom. The molecule has 0 bridgehead atoms. The lowest BCUT2D eigenvalue weighted by molar-refractivity contribution is -0.258. The molecule has 1 saturated heterocycles. The molecule has 7 heteroatoms. The lowest BCUT2D eigenvalue weighted by Gasteiger charge is -2.39. The fourth-order valence-electron chi connectivity index (χ4n) is 1.37. The topological polar surface area (TPSA) is 122 Å². The highest BCUT2D eigenvalue weighted by atomic mass is 16.7. The lowest BCUT2D eigenvalue weighted by atomic mass is 9.98. The van der Waals surface area contributed by atoms with E-state index in [1.807, 2.05) is 0 Å². The van der Waals surface area contributed by atoms with Crippen LogP contribution in [0.25, 0.3) is 0 Å². The molecule has 88 valence electrons. The first-order chi connectivity index (χ1) is 6.97. The van der Waals surface area contributed by atoms with Gasteiger partial charge < -0.3 is 30.5 Å². The van der Waals surface area contributed by atoms with E-state index in [2.05, 4.69) is 4.74 Å². The van der Waals surface area contributed by atoms with E-state index in [1.54, 1.807) is 0 Å². The maximum absolute atomic E-state index is 10.7. The third kappa shape index (κ3) is 2.64. The number of carbonyl (C=O) groups excluding carboxylic acids is 1. The zero-order valence-corrected chi connectivity index (χ0v) is 8.24. The van der Waals surface area contributed by atoms with E-state index in [1.165, 1.54) is 6.92 Å². The third-order valence-electron chi connectivity index (χ3n) is 2.21. The summed E-state index contributed by atoms with van der Waals surface area (Å²) < 4.78 is 9.70. The molecular formula is C8H15NO6. The van der Waals surface area contributed by atoms with Crippen molar-refractivity contribution in [2.75, 3.05) is 6.61 Å². The van der Waals surface area contributed by atoms with E-state index >= 15 is 0 Å². The summed E-state index contributed by atoms with van der Waals surface area (Å²) in [7, 11) is 0. The number of hydrogen-bond acceptors (Lipinski definition) is 7. The van der Waals surface area contributed by atoms with Crippen molar-refractivity contribution >= 4 is 5.97 Å². The Kier molecular flexibility index (Phi) is 4.00. The summed E-state index contributed by atoms with van der Waals surface area (Å²) in [6.07, 6.45) is -4.76. The molecule has 5 atom stereocenters. The summed E-state index contributed by atoms with van der Waals surface area (Å²) in [5, 5.41) is 27.7. The van der Waals surface area contributed by atoms with Crippen LogP contribution in [0.1, 0.15) is 6.92 Å². The molecular weight excluding hydrogens is 206 g/mol. The smallest absolute Gasteiger partial charge is 0.304 e. The number of ether oxygens (including phenoxy) is 2. The monoisotopic (exact) mass is 221 g/mol. The predicted octanol–water partition coefficient (Wildman–Crippen LogP) is -2.68. The number of rotatable bonds is 2. The average Bonchev–Trinajstić information content (AvgIpc) is 2.18. The molecule has 1 heterocycles. The summed E-state index contributed by atoms with van der Waals surface area (Å²) >= 11 is 0. The molecule has 7 nitrogen and oxygen atoms in total. The van der Waals surface area contributed by atoms with Gasteiger partial charge in [0.05, 0.1) is 12.6 Å². The van der Waals surface area contributed by atoms with E-state index in [9.17, 15) is 15.0 Å². The van der Waals surface area contributed by atoms with Crippen molar-refractivity contribution < 1.29 is 29.6 Å². The molecule has 1 fully saturated rings. The van der Waals surface area contributed by atoms with Crippen LogP contribution in [0.4, 0.5) is 0 Å². The normalized spacial score (nSPS) is 41.3. The maximum Gasteiger partial charge on any atom is 0.304 e. The highest BCUT2D eigenvalue weighted by molar-refractivity contribution is 5.66. The number of aliphatic hydroxyl groups excluding tert-OH is 3. The molecule has 0 radical (unpaired) electrons. The Hall–Kier alpha value is -0.730. The van der Waals surface area contributed by atoms with E-state index in [0.29, 0.717) is 0 Å². The van der Waals surface area contributed by atoms with Crippen LogP contribution >= 0.6 is 0 Å². The van der Waals surface area contributed by atoms with E-state index in [-0.39, 0.29) is 0 Å². The highest BCUT2D eigenvalue weighted by Crippen LogP contribution is 2.20. The van der Waals surface area contributed by atoms with Crippen LogP contribution in [0.3, 0.4) is 0 Å². The van der Waals surface area contributed by atoms with Gasteiger partial charge in [-0.15, -0.1) is 0 Å². The molecule has 0 aromatic heterocycles. The van der Waals surface area contributed by atoms with Gasteiger partial charge in [0.1, 0.15) is 18.3 Å². The van der Waals surface area contributed by atoms with Crippen molar-refractivity contribution in [2.24, 2.45) is 5.73 Å². The van der Waals surface area contributed by atoms with Crippen LogP contribution in [0.5, 0.6) is 0 Å². The Morgan fingerprint density at radius 1 is 1.47 bits per heavy atom. The van der Waals surface area contributed by atoms with Crippen LogP contribution in [0.2, 0.25) is 0 Å². The number of hydrogen-bond donors (Lipinski definition) is 4. The lowest BCUT2D eigenvalue weighted by Crippen LogP contribution is -2.62. The van der Waals surface area contributed by atoms with Gasteiger partial charge in [-0.1, -0.05) is 0 Å². The molecule has 0 aliphatic carbocycles. The molecule has 1 aliphatic rings. The quantitative estimate of drug-likeness (QED) is 0.375. The molecule has 0 saturated carbocycles. The summed E-state index contributed by atoms with van der Waals surface area (Å²) in [6.45, 7) is 0.671. The summed E-state index contributed by atoms with van der Waals surface area (Å²) in [5.41, 5.74) is 5.48. The SMILES string of the molecule is CC(=O)O[C@H]1O[C@H](CO)[C@H](O)[C@H](O)[C@H]1N. The Bertz CT molecular complexity index is 233.